The minimum Gasteiger partial charge on any atom is -0.374 e. The lowest BCUT2D eigenvalue weighted by Gasteiger charge is -2.22. The van der Waals surface area contributed by atoms with E-state index < -0.39 is 11.6 Å². The van der Waals surface area contributed by atoms with Crippen molar-refractivity contribution in [2.24, 2.45) is 5.73 Å². The van der Waals surface area contributed by atoms with E-state index in [0.29, 0.717) is 12.6 Å². The van der Waals surface area contributed by atoms with Gasteiger partial charge in [-0.25, -0.2) is 4.98 Å². The second-order valence-electron chi connectivity index (χ2n) is 9.86. The van der Waals surface area contributed by atoms with Crippen molar-refractivity contribution in [2.45, 2.75) is 71.2 Å². The fourth-order valence-electron chi connectivity index (χ4n) is 3.98. The second-order valence-corrected chi connectivity index (χ2v) is 9.86. The van der Waals surface area contributed by atoms with Crippen LogP contribution in [0.3, 0.4) is 0 Å². The molecule has 0 saturated heterocycles. The summed E-state index contributed by atoms with van der Waals surface area (Å²) in [5.74, 6) is -0.531. The number of nitrogens with one attached hydrogen (secondary N) is 1. The normalized spacial score (nSPS) is 13.9. The number of nitrogens with zero attached hydrogens (tertiary/aromatic N) is 2. The summed E-state index contributed by atoms with van der Waals surface area (Å²) >= 11 is 0. The molecule has 36 heavy (non-hydrogen) atoms. The third kappa shape index (κ3) is 7.86. The summed E-state index contributed by atoms with van der Waals surface area (Å²) in [7, 11) is 0. The molecule has 2 aromatic carbocycles. The number of hydrogen-bond donors (Lipinski definition) is 2. The van der Waals surface area contributed by atoms with E-state index in [1.807, 2.05) is 36.7 Å². The molecule has 0 saturated carbocycles. The molecule has 1 aliphatic carbocycles. The van der Waals surface area contributed by atoms with Gasteiger partial charge in [-0.15, -0.1) is 0 Å². The van der Waals surface area contributed by atoms with Gasteiger partial charge in [0.1, 0.15) is 6.04 Å². The summed E-state index contributed by atoms with van der Waals surface area (Å²) in [5, 5.41) is 2.60. The highest BCUT2D eigenvalue weighted by atomic mass is 16.5. The Morgan fingerprint density at radius 2 is 1.72 bits per heavy atom. The monoisotopic (exact) mass is 490 g/mol. The molecule has 7 heteroatoms. The average molecular weight is 491 g/mol. The van der Waals surface area contributed by atoms with Crippen LogP contribution in [0.2, 0.25) is 0 Å². The summed E-state index contributed by atoms with van der Waals surface area (Å²) in [5.41, 5.74) is 9.87. The molecule has 0 unspecified atom stereocenters. The van der Waals surface area contributed by atoms with Crippen LogP contribution >= 0.6 is 0 Å². The molecule has 1 aromatic heterocycles. The molecule has 0 fully saturated rings. The predicted octanol–water partition coefficient (Wildman–Crippen LogP) is 3.80. The van der Waals surface area contributed by atoms with Crippen LogP contribution in [-0.2, 0) is 40.2 Å². The van der Waals surface area contributed by atoms with Crippen LogP contribution in [0, 0.1) is 0 Å². The smallest absolute Gasteiger partial charge is 0.240 e. The van der Waals surface area contributed by atoms with Gasteiger partial charge >= 0.3 is 0 Å². The summed E-state index contributed by atoms with van der Waals surface area (Å²) in [6.07, 6.45) is 7.49. The Hall–Kier alpha value is -3.29. The van der Waals surface area contributed by atoms with Gasteiger partial charge in [-0.1, -0.05) is 61.5 Å². The highest BCUT2D eigenvalue weighted by Crippen LogP contribution is 2.29. The SMILES string of the molecule is CC(=O)[C@@H](COCc1ccccc1)NC(=O)C(C)(C)N.CCc1cn(C2Cc3ccccc3C2)cn1. The van der Waals surface area contributed by atoms with Gasteiger partial charge in [-0.3, -0.25) is 9.59 Å². The number of carbonyl (C=O) groups excluding carboxylic acids is 2. The first-order valence-electron chi connectivity index (χ1n) is 12.5. The second kappa shape index (κ2) is 12.6. The van der Waals surface area contributed by atoms with E-state index in [1.165, 1.54) is 23.7 Å². The fraction of sp³-hybridized carbons (Fsp3) is 0.414. The first-order chi connectivity index (χ1) is 17.2. The molecular weight excluding hydrogens is 452 g/mol. The van der Waals surface area contributed by atoms with Crippen LogP contribution in [-0.4, -0.2) is 39.4 Å². The molecule has 4 rings (SSSR count). The van der Waals surface area contributed by atoms with E-state index in [4.69, 9.17) is 10.5 Å². The van der Waals surface area contributed by atoms with Crippen molar-refractivity contribution in [3.8, 4) is 0 Å². The number of amides is 1. The van der Waals surface area contributed by atoms with Gasteiger partial charge in [0.2, 0.25) is 5.91 Å². The predicted molar refractivity (Wildman–Crippen MR) is 141 cm³/mol. The molecule has 1 amide bonds. The number of carbonyl (C=O) groups is 2. The van der Waals surface area contributed by atoms with Crippen LogP contribution in [0.25, 0.3) is 0 Å². The molecule has 0 radical (unpaired) electrons. The minimum atomic E-state index is -1.02. The number of fused-ring (bicyclic) bond motifs is 1. The Bertz CT molecular complexity index is 1110. The van der Waals surface area contributed by atoms with Crippen LogP contribution in [0.4, 0.5) is 0 Å². The Balaban J connectivity index is 0.000000204. The number of rotatable bonds is 9. The lowest BCUT2D eigenvalue weighted by Crippen LogP contribution is -2.54. The molecule has 1 heterocycles. The molecule has 3 N–H and O–H groups in total. The molecular formula is C29H38N4O3. The molecule has 0 bridgehead atoms. The Morgan fingerprint density at radius 3 is 2.25 bits per heavy atom. The summed E-state index contributed by atoms with van der Waals surface area (Å²) in [6.45, 7) is 7.27. The molecule has 192 valence electrons. The molecule has 7 nitrogen and oxygen atoms in total. The third-order valence-electron chi connectivity index (χ3n) is 6.25. The van der Waals surface area contributed by atoms with E-state index in [-0.39, 0.29) is 18.3 Å². The topological polar surface area (TPSA) is 99.2 Å². The van der Waals surface area contributed by atoms with Gasteiger partial charge in [0, 0.05) is 12.2 Å². The van der Waals surface area contributed by atoms with Crippen molar-refractivity contribution < 1.29 is 14.3 Å². The molecule has 0 aliphatic heterocycles. The Kier molecular flexibility index (Phi) is 9.56. The van der Waals surface area contributed by atoms with Gasteiger partial charge in [0.05, 0.1) is 30.8 Å². The average Bonchev–Trinajstić information content (AvgIpc) is 3.50. The number of imidazole rings is 1. The number of ether oxygens (including phenoxy) is 1. The van der Waals surface area contributed by atoms with E-state index in [2.05, 4.69) is 52.3 Å². The lowest BCUT2D eigenvalue weighted by molar-refractivity contribution is -0.131. The number of Topliss-reactive ketones (excluding diaryl/α,β-unsaturated/α-hetero) is 1. The van der Waals surface area contributed by atoms with E-state index in [1.54, 1.807) is 13.8 Å². The van der Waals surface area contributed by atoms with Crippen molar-refractivity contribution in [3.63, 3.8) is 0 Å². The third-order valence-corrected chi connectivity index (χ3v) is 6.25. The van der Waals surface area contributed by atoms with Gasteiger partial charge in [-0.05, 0) is 56.7 Å². The molecule has 1 atom stereocenters. The van der Waals surface area contributed by atoms with Crippen LogP contribution in [0.1, 0.15) is 56.1 Å². The van der Waals surface area contributed by atoms with E-state index in [0.717, 1.165) is 24.8 Å². The summed E-state index contributed by atoms with van der Waals surface area (Å²) in [6, 6.07) is 18.3. The molecule has 3 aromatic rings. The standard InChI is InChI=1S/C15H22N2O3.C14H16N2/c1-11(18)13(17-14(19)15(2,3)16)10-20-9-12-7-5-4-6-8-12;1-2-13-9-16(10-15-13)14-7-11-5-3-4-6-12(11)8-14/h4-8,13H,9-10,16H2,1-3H3,(H,17,19);3-6,9-10,14H,2,7-8H2,1H3/t13-;/m1./s1. The first kappa shape index (κ1) is 27.3. The van der Waals surface area contributed by atoms with Crippen LogP contribution in [0.15, 0.2) is 67.1 Å². The van der Waals surface area contributed by atoms with E-state index in [9.17, 15) is 9.59 Å². The highest BCUT2D eigenvalue weighted by Gasteiger charge is 2.26. The number of hydrogen-bond acceptors (Lipinski definition) is 5. The van der Waals surface area contributed by atoms with Crippen LogP contribution in [0.5, 0.6) is 0 Å². The number of aryl methyl sites for hydroxylation is 1. The quantitative estimate of drug-likeness (QED) is 0.475. The zero-order valence-corrected chi connectivity index (χ0v) is 21.7. The largest absolute Gasteiger partial charge is 0.374 e. The first-order valence-corrected chi connectivity index (χ1v) is 12.5. The minimum absolute atomic E-state index is 0.131. The molecule has 0 spiro atoms. The van der Waals surface area contributed by atoms with Crippen molar-refractivity contribution in [2.75, 3.05) is 6.61 Å². The van der Waals surface area contributed by atoms with Gasteiger partial charge in [-0.2, -0.15) is 0 Å². The van der Waals surface area contributed by atoms with Gasteiger partial charge < -0.3 is 20.4 Å². The maximum atomic E-state index is 11.8. The maximum absolute atomic E-state index is 11.8. The Labute approximate surface area is 214 Å². The Morgan fingerprint density at radius 1 is 1.11 bits per heavy atom. The number of aromatic nitrogens is 2. The number of ketones is 1. The van der Waals surface area contributed by atoms with Crippen molar-refractivity contribution in [1.82, 2.24) is 14.9 Å². The van der Waals surface area contributed by atoms with Crippen molar-refractivity contribution in [1.29, 1.82) is 0 Å². The van der Waals surface area contributed by atoms with Crippen LogP contribution < -0.4 is 11.1 Å². The fourth-order valence-corrected chi connectivity index (χ4v) is 3.98. The van der Waals surface area contributed by atoms with Gasteiger partial charge in [0.15, 0.2) is 5.78 Å². The zero-order chi connectivity index (χ0) is 26.1. The van der Waals surface area contributed by atoms with Gasteiger partial charge in [0.25, 0.3) is 0 Å². The number of benzene rings is 2. The summed E-state index contributed by atoms with van der Waals surface area (Å²) in [4.78, 5) is 27.7. The molecule has 1 aliphatic rings. The summed E-state index contributed by atoms with van der Waals surface area (Å²) < 4.78 is 7.76. The number of nitrogens with two attached hydrogens (primary N) is 1. The lowest BCUT2D eigenvalue weighted by atomic mass is 10.1. The maximum Gasteiger partial charge on any atom is 0.240 e. The van der Waals surface area contributed by atoms with Crippen molar-refractivity contribution in [3.05, 3.63) is 89.5 Å². The zero-order valence-electron chi connectivity index (χ0n) is 21.7. The van der Waals surface area contributed by atoms with E-state index >= 15 is 0 Å². The highest BCUT2D eigenvalue weighted by molar-refractivity contribution is 5.91. The van der Waals surface area contributed by atoms with Crippen molar-refractivity contribution >= 4 is 11.7 Å².